The Morgan fingerprint density at radius 1 is 0.923 bits per heavy atom. The van der Waals surface area contributed by atoms with E-state index in [1.165, 1.54) is 0 Å². The van der Waals surface area contributed by atoms with Gasteiger partial charge in [0.25, 0.3) is 0 Å². The molecule has 0 radical (unpaired) electrons. The van der Waals surface area contributed by atoms with Gasteiger partial charge in [0.05, 0.1) is 6.04 Å². The Morgan fingerprint density at radius 3 is 2.15 bits per heavy atom. The molecule has 1 heterocycles. The Labute approximate surface area is 154 Å². The molecule has 4 nitrogen and oxygen atoms in total. The van der Waals surface area contributed by atoms with Crippen LogP contribution in [0.2, 0.25) is 0 Å². The predicted octanol–water partition coefficient (Wildman–Crippen LogP) is 3.86. The molecule has 26 heavy (non-hydrogen) atoms. The van der Waals surface area contributed by atoms with E-state index in [0.717, 1.165) is 22.4 Å². The van der Waals surface area contributed by atoms with Crippen LogP contribution in [0.4, 0.5) is 5.69 Å². The summed E-state index contributed by atoms with van der Waals surface area (Å²) in [6, 6.07) is 21.7. The summed E-state index contributed by atoms with van der Waals surface area (Å²) < 4.78 is 0. The van der Waals surface area contributed by atoms with Crippen LogP contribution in [0.1, 0.15) is 5.56 Å². The molecular weight excluding hydrogens is 322 g/mol. The van der Waals surface area contributed by atoms with Crippen molar-refractivity contribution in [1.29, 1.82) is 0 Å². The highest BCUT2D eigenvalue weighted by atomic mass is 16.2. The summed E-state index contributed by atoms with van der Waals surface area (Å²) in [5, 5.41) is 3.03. The van der Waals surface area contributed by atoms with Crippen molar-refractivity contribution in [3.63, 3.8) is 0 Å². The highest BCUT2D eigenvalue weighted by Gasteiger charge is 2.21. The summed E-state index contributed by atoms with van der Waals surface area (Å²) in [6.45, 7) is 0. The van der Waals surface area contributed by atoms with Gasteiger partial charge in [0, 0.05) is 18.1 Å². The van der Waals surface area contributed by atoms with Crippen LogP contribution >= 0.6 is 0 Å². The predicted molar refractivity (Wildman–Crippen MR) is 106 cm³/mol. The average Bonchev–Trinajstić information content (AvgIpc) is 2.68. The topological polar surface area (TPSA) is 45.2 Å². The van der Waals surface area contributed by atoms with Gasteiger partial charge in [-0.2, -0.15) is 0 Å². The van der Waals surface area contributed by atoms with Crippen molar-refractivity contribution in [2.45, 2.75) is 12.5 Å². The van der Waals surface area contributed by atoms with E-state index in [0.29, 0.717) is 6.42 Å². The minimum absolute atomic E-state index is 0.00415. The lowest BCUT2D eigenvalue weighted by Crippen LogP contribution is -2.41. The van der Waals surface area contributed by atoms with Crippen LogP contribution in [0.5, 0.6) is 0 Å². The maximum absolute atomic E-state index is 12.8. The van der Waals surface area contributed by atoms with E-state index in [1.54, 1.807) is 12.4 Å². The van der Waals surface area contributed by atoms with Crippen molar-refractivity contribution < 1.29 is 4.79 Å². The lowest BCUT2D eigenvalue weighted by atomic mass is 10.0. The summed E-state index contributed by atoms with van der Waals surface area (Å²) >= 11 is 0. The Hall–Kier alpha value is -2.98. The van der Waals surface area contributed by atoms with Gasteiger partial charge in [0.2, 0.25) is 5.91 Å². The number of aromatic nitrogens is 1. The van der Waals surface area contributed by atoms with Crippen molar-refractivity contribution in [3.8, 4) is 11.1 Å². The lowest BCUT2D eigenvalue weighted by Gasteiger charge is -2.23. The first-order valence-electron chi connectivity index (χ1n) is 8.65. The number of anilines is 1. The molecule has 0 unspecified atom stereocenters. The number of nitrogens with one attached hydrogen (secondary N) is 1. The van der Waals surface area contributed by atoms with Gasteiger partial charge in [0.1, 0.15) is 0 Å². The molecule has 0 aliphatic carbocycles. The summed E-state index contributed by atoms with van der Waals surface area (Å²) in [7, 11) is 3.86. The normalized spacial score (nSPS) is 12.0. The Bertz CT molecular complexity index is 830. The largest absolute Gasteiger partial charge is 0.325 e. The molecule has 3 rings (SSSR count). The summed E-state index contributed by atoms with van der Waals surface area (Å²) in [5.74, 6) is -0.00415. The van der Waals surface area contributed by atoms with Crippen LogP contribution < -0.4 is 5.32 Å². The number of likely N-dealkylation sites (N-methyl/N-ethyl adjacent to an activating group) is 1. The Morgan fingerprint density at radius 2 is 1.54 bits per heavy atom. The van der Waals surface area contributed by atoms with Crippen LogP contribution in [0.25, 0.3) is 11.1 Å². The van der Waals surface area contributed by atoms with Gasteiger partial charge in [-0.1, -0.05) is 42.5 Å². The average molecular weight is 345 g/mol. The van der Waals surface area contributed by atoms with Crippen LogP contribution in [0, 0.1) is 0 Å². The van der Waals surface area contributed by atoms with Crippen molar-refractivity contribution in [2.75, 3.05) is 19.4 Å². The van der Waals surface area contributed by atoms with E-state index in [1.807, 2.05) is 85.7 Å². The molecule has 1 atom stereocenters. The Kier molecular flexibility index (Phi) is 5.77. The fourth-order valence-electron chi connectivity index (χ4n) is 2.86. The maximum Gasteiger partial charge on any atom is 0.242 e. The van der Waals surface area contributed by atoms with E-state index in [-0.39, 0.29) is 11.9 Å². The molecule has 0 aliphatic heterocycles. The molecule has 0 fully saturated rings. The molecule has 3 aromatic rings. The molecule has 132 valence electrons. The van der Waals surface area contributed by atoms with Crippen molar-refractivity contribution >= 4 is 11.6 Å². The molecular formula is C22H23N3O. The van der Waals surface area contributed by atoms with Crippen molar-refractivity contribution in [1.82, 2.24) is 9.88 Å². The molecule has 1 amide bonds. The first-order chi connectivity index (χ1) is 12.6. The molecule has 0 saturated heterocycles. The number of nitrogens with zero attached hydrogens (tertiary/aromatic N) is 2. The highest BCUT2D eigenvalue weighted by molar-refractivity contribution is 5.95. The smallest absolute Gasteiger partial charge is 0.242 e. The molecule has 2 aromatic carbocycles. The molecule has 0 bridgehead atoms. The van der Waals surface area contributed by atoms with Gasteiger partial charge in [-0.05, 0) is 61.5 Å². The van der Waals surface area contributed by atoms with Gasteiger partial charge in [-0.3, -0.25) is 14.7 Å². The Balaban J connectivity index is 1.69. The van der Waals surface area contributed by atoms with Gasteiger partial charge in [0.15, 0.2) is 0 Å². The molecule has 0 spiro atoms. The molecule has 1 N–H and O–H groups in total. The first-order valence-corrected chi connectivity index (χ1v) is 8.65. The van der Waals surface area contributed by atoms with Gasteiger partial charge in [-0.15, -0.1) is 0 Å². The van der Waals surface area contributed by atoms with Gasteiger partial charge in [-0.25, -0.2) is 0 Å². The van der Waals surface area contributed by atoms with E-state index in [4.69, 9.17) is 0 Å². The number of hydrogen-bond acceptors (Lipinski definition) is 3. The lowest BCUT2D eigenvalue weighted by molar-refractivity contribution is -0.120. The third kappa shape index (κ3) is 4.55. The summed E-state index contributed by atoms with van der Waals surface area (Å²) in [5.41, 5.74) is 4.15. The number of benzene rings is 2. The number of amides is 1. The van der Waals surface area contributed by atoms with Crippen LogP contribution in [-0.2, 0) is 11.2 Å². The minimum atomic E-state index is -0.225. The van der Waals surface area contributed by atoms with Crippen LogP contribution in [-0.4, -0.2) is 35.9 Å². The van der Waals surface area contributed by atoms with Crippen molar-refractivity contribution in [3.05, 3.63) is 84.7 Å². The van der Waals surface area contributed by atoms with E-state index < -0.39 is 0 Å². The fraction of sp³-hybridized carbons (Fsp3) is 0.182. The molecule has 1 aromatic heterocycles. The van der Waals surface area contributed by atoms with E-state index in [9.17, 15) is 4.79 Å². The number of pyridine rings is 1. The van der Waals surface area contributed by atoms with E-state index in [2.05, 4.69) is 10.3 Å². The zero-order valence-electron chi connectivity index (χ0n) is 15.1. The molecule has 4 heteroatoms. The summed E-state index contributed by atoms with van der Waals surface area (Å²) in [6.07, 6.45) is 4.22. The van der Waals surface area contributed by atoms with Gasteiger partial charge < -0.3 is 5.32 Å². The number of rotatable bonds is 6. The maximum atomic E-state index is 12.8. The van der Waals surface area contributed by atoms with Crippen molar-refractivity contribution in [2.24, 2.45) is 0 Å². The number of carbonyl (C=O) groups is 1. The second kappa shape index (κ2) is 8.41. The highest BCUT2D eigenvalue weighted by Crippen LogP contribution is 2.21. The third-order valence-electron chi connectivity index (χ3n) is 4.36. The zero-order chi connectivity index (χ0) is 18.4. The standard InChI is InChI=1S/C22H23N3O/c1-25(2)21(16-17-6-4-3-5-7-17)22(26)24-20-10-8-18(9-11-20)19-12-14-23-15-13-19/h3-15,21H,16H2,1-2H3,(H,24,26)/t21-/m0/s1. The zero-order valence-corrected chi connectivity index (χ0v) is 15.1. The second-order valence-corrected chi connectivity index (χ2v) is 6.47. The molecule has 0 saturated carbocycles. The summed E-state index contributed by atoms with van der Waals surface area (Å²) in [4.78, 5) is 18.7. The quantitative estimate of drug-likeness (QED) is 0.738. The molecule has 0 aliphatic rings. The number of hydrogen-bond donors (Lipinski definition) is 1. The third-order valence-corrected chi connectivity index (χ3v) is 4.36. The fourth-order valence-corrected chi connectivity index (χ4v) is 2.86. The van der Waals surface area contributed by atoms with Crippen LogP contribution in [0.15, 0.2) is 79.1 Å². The van der Waals surface area contributed by atoms with Gasteiger partial charge >= 0.3 is 0 Å². The second-order valence-electron chi connectivity index (χ2n) is 6.47. The monoisotopic (exact) mass is 345 g/mol. The van der Waals surface area contributed by atoms with E-state index >= 15 is 0 Å². The first kappa shape index (κ1) is 17.8. The SMILES string of the molecule is CN(C)[C@@H](Cc1ccccc1)C(=O)Nc1ccc(-c2ccncc2)cc1. The van der Waals surface area contributed by atoms with Crippen LogP contribution in [0.3, 0.4) is 0 Å². The minimum Gasteiger partial charge on any atom is -0.325 e. The number of carbonyl (C=O) groups excluding carboxylic acids is 1.